The summed E-state index contributed by atoms with van der Waals surface area (Å²) in [5.74, 6) is 0. The van der Waals surface area contributed by atoms with Gasteiger partial charge in [-0.1, -0.05) is 0 Å². The molecule has 1 aromatic rings. The van der Waals surface area contributed by atoms with E-state index >= 15 is 0 Å². The second-order valence-electron chi connectivity index (χ2n) is 5.30. The van der Waals surface area contributed by atoms with Gasteiger partial charge in [-0.2, -0.15) is 5.10 Å². The molecule has 96 valence electrons. The quantitative estimate of drug-likeness (QED) is 0.839. The molecule has 2 heterocycles. The number of aromatic nitrogens is 2. The van der Waals surface area contributed by atoms with Gasteiger partial charge in [-0.05, 0) is 52.8 Å². The van der Waals surface area contributed by atoms with Gasteiger partial charge in [0.15, 0.2) is 0 Å². The predicted molar refractivity (Wildman–Crippen MR) is 69.9 cm³/mol. The third-order valence-corrected chi connectivity index (χ3v) is 3.73. The van der Waals surface area contributed by atoms with Crippen molar-refractivity contribution < 1.29 is 0 Å². The summed E-state index contributed by atoms with van der Waals surface area (Å²) in [5, 5.41) is 10.7. The van der Waals surface area contributed by atoms with Crippen molar-refractivity contribution >= 4 is 0 Å². The van der Waals surface area contributed by atoms with Crippen molar-refractivity contribution in [1.29, 1.82) is 0 Å². The highest BCUT2D eigenvalue weighted by atomic mass is 15.2. The van der Waals surface area contributed by atoms with E-state index in [2.05, 4.69) is 41.2 Å². The molecule has 4 nitrogen and oxygen atoms in total. The fourth-order valence-electron chi connectivity index (χ4n) is 2.53. The molecule has 1 unspecified atom stereocenters. The Balaban J connectivity index is 1.78. The number of aromatic amines is 1. The van der Waals surface area contributed by atoms with Crippen LogP contribution in [0.15, 0.2) is 12.3 Å². The van der Waals surface area contributed by atoms with Crippen molar-refractivity contribution in [3.8, 4) is 0 Å². The molecule has 0 aromatic carbocycles. The normalized spacial score (nSPS) is 20.9. The van der Waals surface area contributed by atoms with Crippen molar-refractivity contribution in [3.63, 3.8) is 0 Å². The molecule has 1 fully saturated rings. The molecule has 0 spiro atoms. The van der Waals surface area contributed by atoms with E-state index in [1.54, 1.807) is 0 Å². The average molecular weight is 236 g/mol. The molecule has 1 aliphatic heterocycles. The third-order valence-electron chi connectivity index (χ3n) is 3.73. The van der Waals surface area contributed by atoms with Crippen LogP contribution in [0.4, 0.5) is 0 Å². The first-order valence-corrected chi connectivity index (χ1v) is 6.66. The van der Waals surface area contributed by atoms with E-state index < -0.39 is 0 Å². The van der Waals surface area contributed by atoms with Gasteiger partial charge in [0.25, 0.3) is 0 Å². The Labute approximate surface area is 104 Å². The number of H-pyrrole nitrogens is 1. The minimum atomic E-state index is 0.369. The van der Waals surface area contributed by atoms with Crippen molar-refractivity contribution in [2.45, 2.75) is 51.7 Å². The number of likely N-dealkylation sites (tertiary alicyclic amines) is 1. The minimum absolute atomic E-state index is 0.369. The van der Waals surface area contributed by atoms with E-state index in [9.17, 15) is 0 Å². The van der Waals surface area contributed by atoms with Gasteiger partial charge in [-0.15, -0.1) is 0 Å². The smallest absolute Gasteiger partial charge is 0.0518 e. The topological polar surface area (TPSA) is 44.0 Å². The van der Waals surface area contributed by atoms with Crippen LogP contribution < -0.4 is 5.32 Å². The van der Waals surface area contributed by atoms with Crippen LogP contribution in [0, 0.1) is 0 Å². The van der Waals surface area contributed by atoms with Gasteiger partial charge in [0.2, 0.25) is 0 Å². The van der Waals surface area contributed by atoms with Crippen molar-refractivity contribution in [2.24, 2.45) is 0 Å². The summed E-state index contributed by atoms with van der Waals surface area (Å²) in [6.45, 7) is 9.18. The Hall–Kier alpha value is -0.870. The second kappa shape index (κ2) is 5.65. The molecule has 0 radical (unpaired) electrons. The zero-order valence-corrected chi connectivity index (χ0v) is 11.1. The lowest BCUT2D eigenvalue weighted by molar-refractivity contribution is 0.157. The first-order chi connectivity index (χ1) is 8.16. The molecule has 0 amide bonds. The minimum Gasteiger partial charge on any atom is -0.306 e. The largest absolute Gasteiger partial charge is 0.306 e. The molecule has 2 rings (SSSR count). The number of nitrogens with zero attached hydrogens (tertiary/aromatic N) is 2. The summed E-state index contributed by atoms with van der Waals surface area (Å²) < 4.78 is 0. The Kier molecular flexibility index (Phi) is 4.18. The molecule has 4 heteroatoms. The van der Waals surface area contributed by atoms with E-state index in [-0.39, 0.29) is 0 Å². The summed E-state index contributed by atoms with van der Waals surface area (Å²) in [5.41, 5.74) is 1.18. The standard InChI is InChI=1S/C13H24N4/c1-10(2)17-8-5-12(6-9-17)15-11(3)13-4-7-14-16-13/h4,7,10-12,15H,5-6,8-9H2,1-3H3,(H,14,16). The molecule has 1 aliphatic rings. The van der Waals surface area contributed by atoms with Crippen LogP contribution in [-0.2, 0) is 0 Å². The summed E-state index contributed by atoms with van der Waals surface area (Å²) >= 11 is 0. The van der Waals surface area contributed by atoms with Crippen molar-refractivity contribution in [2.75, 3.05) is 13.1 Å². The van der Waals surface area contributed by atoms with Crippen LogP contribution in [0.1, 0.15) is 45.3 Å². The fraction of sp³-hybridized carbons (Fsp3) is 0.769. The van der Waals surface area contributed by atoms with Crippen molar-refractivity contribution in [1.82, 2.24) is 20.4 Å². The lowest BCUT2D eigenvalue weighted by atomic mass is 10.0. The van der Waals surface area contributed by atoms with E-state index in [0.717, 1.165) is 0 Å². The van der Waals surface area contributed by atoms with Crippen LogP contribution in [0.3, 0.4) is 0 Å². The van der Waals surface area contributed by atoms with E-state index in [1.165, 1.54) is 31.6 Å². The molecule has 2 N–H and O–H groups in total. The SMILES string of the molecule is CC(NC1CCN(C(C)C)CC1)c1ccn[nH]1. The number of hydrogen-bond acceptors (Lipinski definition) is 3. The molecule has 0 aliphatic carbocycles. The second-order valence-corrected chi connectivity index (χ2v) is 5.30. The first kappa shape index (κ1) is 12.6. The van der Waals surface area contributed by atoms with Crippen LogP contribution >= 0.6 is 0 Å². The monoisotopic (exact) mass is 236 g/mol. The Bertz CT molecular complexity index is 312. The van der Waals surface area contributed by atoms with Gasteiger partial charge in [0.05, 0.1) is 5.69 Å². The lowest BCUT2D eigenvalue weighted by Crippen LogP contribution is -2.45. The van der Waals surface area contributed by atoms with Gasteiger partial charge in [0, 0.05) is 24.3 Å². The van der Waals surface area contributed by atoms with Crippen molar-refractivity contribution in [3.05, 3.63) is 18.0 Å². The van der Waals surface area contributed by atoms with Gasteiger partial charge in [0.1, 0.15) is 0 Å². The molecule has 1 saturated heterocycles. The Morgan fingerprint density at radius 3 is 2.59 bits per heavy atom. The molecule has 0 bridgehead atoms. The Morgan fingerprint density at radius 1 is 1.35 bits per heavy atom. The number of hydrogen-bond donors (Lipinski definition) is 2. The van der Waals surface area contributed by atoms with Gasteiger partial charge < -0.3 is 10.2 Å². The molecular weight excluding hydrogens is 212 g/mol. The molecule has 17 heavy (non-hydrogen) atoms. The van der Waals surface area contributed by atoms with Crippen LogP contribution in [-0.4, -0.2) is 40.3 Å². The first-order valence-electron chi connectivity index (χ1n) is 6.66. The molecule has 1 atom stereocenters. The zero-order valence-electron chi connectivity index (χ0n) is 11.1. The highest BCUT2D eigenvalue weighted by molar-refractivity contribution is 5.03. The molecular formula is C13H24N4. The van der Waals surface area contributed by atoms with Gasteiger partial charge in [-0.3, -0.25) is 5.10 Å². The molecule has 1 aromatic heterocycles. The summed E-state index contributed by atoms with van der Waals surface area (Å²) in [6.07, 6.45) is 4.31. The molecule has 0 saturated carbocycles. The van der Waals surface area contributed by atoms with E-state index in [1.807, 2.05) is 12.3 Å². The van der Waals surface area contributed by atoms with E-state index in [0.29, 0.717) is 18.1 Å². The zero-order chi connectivity index (χ0) is 12.3. The number of piperidine rings is 1. The maximum absolute atomic E-state index is 4.00. The van der Waals surface area contributed by atoms with Crippen LogP contribution in [0.5, 0.6) is 0 Å². The Morgan fingerprint density at radius 2 is 2.06 bits per heavy atom. The van der Waals surface area contributed by atoms with Crippen LogP contribution in [0.2, 0.25) is 0 Å². The summed E-state index contributed by atoms with van der Waals surface area (Å²) in [7, 11) is 0. The van der Waals surface area contributed by atoms with Crippen LogP contribution in [0.25, 0.3) is 0 Å². The maximum atomic E-state index is 4.00. The van der Waals surface area contributed by atoms with E-state index in [4.69, 9.17) is 0 Å². The van der Waals surface area contributed by atoms with Gasteiger partial charge in [-0.25, -0.2) is 0 Å². The summed E-state index contributed by atoms with van der Waals surface area (Å²) in [6, 6.07) is 3.73. The average Bonchev–Trinajstić information content (AvgIpc) is 2.83. The summed E-state index contributed by atoms with van der Waals surface area (Å²) in [4.78, 5) is 2.55. The predicted octanol–water partition coefficient (Wildman–Crippen LogP) is 1.93. The highest BCUT2D eigenvalue weighted by Gasteiger charge is 2.22. The third kappa shape index (κ3) is 3.30. The fourth-order valence-corrected chi connectivity index (χ4v) is 2.53. The number of rotatable bonds is 4. The lowest BCUT2D eigenvalue weighted by Gasteiger charge is -2.36. The maximum Gasteiger partial charge on any atom is 0.0518 e. The number of nitrogens with one attached hydrogen (secondary N) is 2. The highest BCUT2D eigenvalue weighted by Crippen LogP contribution is 2.17. The van der Waals surface area contributed by atoms with Gasteiger partial charge >= 0.3 is 0 Å².